The Kier molecular flexibility index (Phi) is 3.42. The zero-order chi connectivity index (χ0) is 12.4. The highest BCUT2D eigenvalue weighted by molar-refractivity contribution is 7.09. The van der Waals surface area contributed by atoms with E-state index in [1.807, 2.05) is 19.2 Å². The number of amides is 2. The Bertz CT molecular complexity index is 444. The molecular weight excluding hydrogens is 238 g/mol. The molecule has 2 heterocycles. The molecule has 0 radical (unpaired) electrons. The number of rotatable bonds is 3. The molecule has 1 saturated heterocycles. The van der Waals surface area contributed by atoms with Crippen LogP contribution in [0.15, 0.2) is 5.38 Å². The van der Waals surface area contributed by atoms with Gasteiger partial charge in [-0.2, -0.15) is 0 Å². The lowest BCUT2D eigenvalue weighted by atomic mass is 10.2. The van der Waals surface area contributed by atoms with Crippen LogP contribution in [0, 0.1) is 6.92 Å². The number of nitrogens with one attached hydrogen (secondary N) is 2. The monoisotopic (exact) mass is 253 g/mol. The lowest BCUT2D eigenvalue weighted by Crippen LogP contribution is -2.42. The zero-order valence-corrected chi connectivity index (χ0v) is 10.6. The number of carbonyl (C=O) groups is 2. The highest BCUT2D eigenvalue weighted by atomic mass is 32.1. The zero-order valence-electron chi connectivity index (χ0n) is 9.82. The molecule has 0 aromatic carbocycles. The lowest BCUT2D eigenvalue weighted by molar-refractivity contribution is -0.126. The van der Waals surface area contributed by atoms with E-state index in [0.717, 1.165) is 10.7 Å². The van der Waals surface area contributed by atoms with Crippen molar-refractivity contribution >= 4 is 23.2 Å². The van der Waals surface area contributed by atoms with Gasteiger partial charge in [-0.1, -0.05) is 0 Å². The van der Waals surface area contributed by atoms with Crippen molar-refractivity contribution in [3.8, 4) is 0 Å². The van der Waals surface area contributed by atoms with E-state index in [9.17, 15) is 9.59 Å². The van der Waals surface area contributed by atoms with Crippen LogP contribution in [0.5, 0.6) is 0 Å². The van der Waals surface area contributed by atoms with E-state index in [4.69, 9.17) is 0 Å². The van der Waals surface area contributed by atoms with Gasteiger partial charge < -0.3 is 10.6 Å². The molecule has 92 valence electrons. The van der Waals surface area contributed by atoms with Crippen LogP contribution in [0.1, 0.15) is 36.5 Å². The first kappa shape index (κ1) is 12.0. The summed E-state index contributed by atoms with van der Waals surface area (Å²) in [6.07, 6.45) is 1.01. The standard InChI is InChI=1S/C11H15N3O2S/c1-6(9-5-17-7(2)13-9)12-11(16)8-3-4-10(15)14-8/h5-6,8H,3-4H2,1-2H3,(H,12,16)(H,14,15). The maximum absolute atomic E-state index is 11.8. The quantitative estimate of drug-likeness (QED) is 0.841. The smallest absolute Gasteiger partial charge is 0.243 e. The van der Waals surface area contributed by atoms with Crippen molar-refractivity contribution in [3.05, 3.63) is 16.1 Å². The van der Waals surface area contributed by atoms with Crippen LogP contribution >= 0.6 is 11.3 Å². The molecule has 0 saturated carbocycles. The second-order valence-corrected chi connectivity index (χ2v) is 5.24. The third-order valence-electron chi connectivity index (χ3n) is 2.75. The summed E-state index contributed by atoms with van der Waals surface area (Å²) >= 11 is 1.56. The van der Waals surface area contributed by atoms with Crippen LogP contribution < -0.4 is 10.6 Å². The first-order chi connectivity index (χ1) is 8.06. The van der Waals surface area contributed by atoms with Gasteiger partial charge in [0.1, 0.15) is 6.04 Å². The molecule has 0 spiro atoms. The molecule has 2 amide bonds. The first-order valence-electron chi connectivity index (χ1n) is 5.58. The van der Waals surface area contributed by atoms with Gasteiger partial charge in [-0.3, -0.25) is 9.59 Å². The van der Waals surface area contributed by atoms with Crippen molar-refractivity contribution in [2.24, 2.45) is 0 Å². The van der Waals surface area contributed by atoms with Gasteiger partial charge in [-0.05, 0) is 20.3 Å². The highest BCUT2D eigenvalue weighted by Gasteiger charge is 2.28. The molecular formula is C11H15N3O2S. The van der Waals surface area contributed by atoms with E-state index >= 15 is 0 Å². The average Bonchev–Trinajstić information content (AvgIpc) is 2.87. The summed E-state index contributed by atoms with van der Waals surface area (Å²) in [7, 11) is 0. The van der Waals surface area contributed by atoms with Crippen molar-refractivity contribution in [1.82, 2.24) is 15.6 Å². The number of thiazole rings is 1. The summed E-state index contributed by atoms with van der Waals surface area (Å²) in [4.78, 5) is 27.2. The minimum absolute atomic E-state index is 0.0534. The summed E-state index contributed by atoms with van der Waals surface area (Å²) < 4.78 is 0. The predicted molar refractivity (Wildman–Crippen MR) is 64.6 cm³/mol. The Morgan fingerprint density at radius 3 is 3.00 bits per heavy atom. The Hall–Kier alpha value is -1.43. The van der Waals surface area contributed by atoms with Gasteiger partial charge in [-0.15, -0.1) is 11.3 Å². The molecule has 0 aliphatic carbocycles. The SMILES string of the molecule is Cc1nc(C(C)NC(=O)C2CCC(=O)N2)cs1. The Morgan fingerprint density at radius 1 is 1.71 bits per heavy atom. The van der Waals surface area contributed by atoms with Crippen LogP contribution in [-0.2, 0) is 9.59 Å². The number of carbonyl (C=O) groups excluding carboxylic acids is 2. The van der Waals surface area contributed by atoms with Gasteiger partial charge in [-0.25, -0.2) is 4.98 Å². The first-order valence-corrected chi connectivity index (χ1v) is 6.46. The molecule has 1 aromatic rings. The molecule has 17 heavy (non-hydrogen) atoms. The number of hydrogen-bond acceptors (Lipinski definition) is 4. The minimum atomic E-state index is -0.385. The van der Waals surface area contributed by atoms with E-state index in [0.29, 0.717) is 12.8 Å². The molecule has 5 nitrogen and oxygen atoms in total. The molecule has 2 unspecified atom stereocenters. The average molecular weight is 253 g/mol. The highest BCUT2D eigenvalue weighted by Crippen LogP contribution is 2.16. The van der Waals surface area contributed by atoms with Gasteiger partial charge in [0.25, 0.3) is 0 Å². The fourth-order valence-corrected chi connectivity index (χ4v) is 2.48. The van der Waals surface area contributed by atoms with Crippen molar-refractivity contribution in [1.29, 1.82) is 0 Å². The van der Waals surface area contributed by atoms with Crippen molar-refractivity contribution in [3.63, 3.8) is 0 Å². The van der Waals surface area contributed by atoms with Crippen LogP contribution in [0.2, 0.25) is 0 Å². The molecule has 1 fully saturated rings. The third-order valence-corrected chi connectivity index (χ3v) is 3.54. The van der Waals surface area contributed by atoms with E-state index in [1.165, 1.54) is 0 Å². The number of aryl methyl sites for hydroxylation is 1. The van der Waals surface area contributed by atoms with Crippen LogP contribution in [0.4, 0.5) is 0 Å². The van der Waals surface area contributed by atoms with E-state index in [-0.39, 0.29) is 23.9 Å². The van der Waals surface area contributed by atoms with Crippen LogP contribution in [0.3, 0.4) is 0 Å². The molecule has 1 aromatic heterocycles. The van der Waals surface area contributed by atoms with Crippen molar-refractivity contribution in [2.45, 2.75) is 38.8 Å². The largest absolute Gasteiger partial charge is 0.346 e. The van der Waals surface area contributed by atoms with Gasteiger partial charge in [0.05, 0.1) is 16.7 Å². The van der Waals surface area contributed by atoms with Gasteiger partial charge >= 0.3 is 0 Å². The normalized spacial score (nSPS) is 21.1. The summed E-state index contributed by atoms with van der Waals surface area (Å²) in [6, 6.07) is -0.505. The van der Waals surface area contributed by atoms with E-state index in [1.54, 1.807) is 11.3 Å². The predicted octanol–water partition coefficient (Wildman–Crippen LogP) is 0.907. The fraction of sp³-hybridized carbons (Fsp3) is 0.545. The summed E-state index contributed by atoms with van der Waals surface area (Å²) in [5.74, 6) is -0.184. The van der Waals surface area contributed by atoms with E-state index < -0.39 is 0 Å². The molecule has 6 heteroatoms. The molecule has 1 aliphatic rings. The maximum atomic E-state index is 11.8. The Morgan fingerprint density at radius 2 is 2.47 bits per heavy atom. The molecule has 2 atom stereocenters. The fourth-order valence-electron chi connectivity index (χ4n) is 1.78. The lowest BCUT2D eigenvalue weighted by Gasteiger charge is -2.15. The van der Waals surface area contributed by atoms with Crippen LogP contribution in [0.25, 0.3) is 0 Å². The minimum Gasteiger partial charge on any atom is -0.346 e. The summed E-state index contributed by atoms with van der Waals surface area (Å²) in [5.41, 5.74) is 0.866. The number of aromatic nitrogens is 1. The van der Waals surface area contributed by atoms with Crippen molar-refractivity contribution < 1.29 is 9.59 Å². The summed E-state index contributed by atoms with van der Waals surface area (Å²) in [5, 5.41) is 8.43. The second-order valence-electron chi connectivity index (χ2n) is 4.18. The maximum Gasteiger partial charge on any atom is 0.243 e. The Balaban J connectivity index is 1.92. The van der Waals surface area contributed by atoms with Crippen LogP contribution in [-0.4, -0.2) is 22.8 Å². The molecule has 2 N–H and O–H groups in total. The van der Waals surface area contributed by atoms with Crippen molar-refractivity contribution in [2.75, 3.05) is 0 Å². The third kappa shape index (κ3) is 2.82. The van der Waals surface area contributed by atoms with Gasteiger partial charge in [0.2, 0.25) is 11.8 Å². The number of hydrogen-bond donors (Lipinski definition) is 2. The summed E-state index contributed by atoms with van der Waals surface area (Å²) in [6.45, 7) is 3.82. The second kappa shape index (κ2) is 4.83. The molecule has 2 rings (SSSR count). The topological polar surface area (TPSA) is 71.1 Å². The van der Waals surface area contributed by atoms with Gasteiger partial charge in [0.15, 0.2) is 0 Å². The van der Waals surface area contributed by atoms with Gasteiger partial charge in [0, 0.05) is 11.8 Å². The van der Waals surface area contributed by atoms with E-state index in [2.05, 4.69) is 15.6 Å². The Labute approximate surface area is 104 Å². The number of nitrogens with zero attached hydrogens (tertiary/aromatic N) is 1. The molecule has 1 aliphatic heterocycles. The molecule has 0 bridgehead atoms.